The maximum absolute atomic E-state index is 11.0. The van der Waals surface area contributed by atoms with Crippen molar-refractivity contribution < 1.29 is 4.79 Å². The van der Waals surface area contributed by atoms with Crippen molar-refractivity contribution in [2.75, 3.05) is 0 Å². The maximum Gasteiger partial charge on any atom is 0.223 e. The molecule has 3 aromatic rings. The van der Waals surface area contributed by atoms with Crippen molar-refractivity contribution in [2.24, 2.45) is 5.73 Å². The Kier molecular flexibility index (Phi) is 3.19. The second-order valence-corrected chi connectivity index (χ2v) is 5.06. The molecule has 3 aromatic heterocycles. The highest BCUT2D eigenvalue weighted by molar-refractivity contribution is 9.10. The molecule has 3 heterocycles. The normalized spacial score (nSPS) is 10.8. The number of carbonyl (C=O) groups is 1. The average Bonchev–Trinajstić information content (AvgIpc) is 2.81. The van der Waals surface area contributed by atoms with Gasteiger partial charge in [0.2, 0.25) is 5.91 Å². The SMILES string of the molecule is NC(=O)Cc1cc2c(cn1)cnn2-c1cccc(Br)n1. The molecule has 0 atom stereocenters. The van der Waals surface area contributed by atoms with Crippen LogP contribution < -0.4 is 5.73 Å². The lowest BCUT2D eigenvalue weighted by molar-refractivity contribution is -0.117. The first-order chi connectivity index (χ1) is 9.63. The van der Waals surface area contributed by atoms with Gasteiger partial charge in [0.25, 0.3) is 0 Å². The van der Waals surface area contributed by atoms with Crippen molar-refractivity contribution in [3.8, 4) is 5.82 Å². The Morgan fingerprint density at radius 3 is 2.95 bits per heavy atom. The number of aromatic nitrogens is 4. The number of halogens is 1. The van der Waals surface area contributed by atoms with Gasteiger partial charge in [-0.1, -0.05) is 6.07 Å². The quantitative estimate of drug-likeness (QED) is 0.738. The lowest BCUT2D eigenvalue weighted by atomic mass is 10.2. The highest BCUT2D eigenvalue weighted by Crippen LogP contribution is 2.18. The fraction of sp³-hybridized carbons (Fsp3) is 0.0769. The first-order valence-corrected chi connectivity index (χ1v) is 6.67. The van der Waals surface area contributed by atoms with Crippen molar-refractivity contribution >= 4 is 32.7 Å². The Bertz CT molecular complexity index is 798. The molecule has 20 heavy (non-hydrogen) atoms. The molecule has 0 aliphatic rings. The van der Waals surface area contributed by atoms with Crippen LogP contribution in [0.4, 0.5) is 0 Å². The summed E-state index contributed by atoms with van der Waals surface area (Å²) >= 11 is 3.33. The van der Waals surface area contributed by atoms with Crippen molar-refractivity contribution in [3.63, 3.8) is 0 Å². The number of pyridine rings is 2. The molecule has 0 spiro atoms. The number of hydrogen-bond donors (Lipinski definition) is 1. The number of amides is 1. The summed E-state index contributed by atoms with van der Waals surface area (Å²) in [5.41, 5.74) is 6.64. The molecule has 2 N–H and O–H groups in total. The smallest absolute Gasteiger partial charge is 0.223 e. The minimum Gasteiger partial charge on any atom is -0.369 e. The Morgan fingerprint density at radius 1 is 1.35 bits per heavy atom. The lowest BCUT2D eigenvalue weighted by Crippen LogP contribution is -2.14. The maximum atomic E-state index is 11.0. The number of hydrogen-bond acceptors (Lipinski definition) is 4. The summed E-state index contributed by atoms with van der Waals surface area (Å²) in [5.74, 6) is 0.272. The molecule has 0 unspecified atom stereocenters. The summed E-state index contributed by atoms with van der Waals surface area (Å²) in [6, 6.07) is 7.38. The fourth-order valence-electron chi connectivity index (χ4n) is 1.94. The van der Waals surface area contributed by atoms with E-state index in [1.165, 1.54) is 0 Å². The van der Waals surface area contributed by atoms with Crippen LogP contribution in [0.25, 0.3) is 16.7 Å². The average molecular weight is 332 g/mol. The van der Waals surface area contributed by atoms with Crippen molar-refractivity contribution in [1.82, 2.24) is 19.7 Å². The van der Waals surface area contributed by atoms with Crippen LogP contribution in [0.2, 0.25) is 0 Å². The summed E-state index contributed by atoms with van der Waals surface area (Å²) in [7, 11) is 0. The van der Waals surface area contributed by atoms with Gasteiger partial charge in [-0.2, -0.15) is 5.10 Å². The summed E-state index contributed by atoms with van der Waals surface area (Å²) in [6.07, 6.45) is 3.49. The number of fused-ring (bicyclic) bond motifs is 1. The molecule has 1 amide bonds. The van der Waals surface area contributed by atoms with Gasteiger partial charge in [0.05, 0.1) is 23.8 Å². The third-order valence-electron chi connectivity index (χ3n) is 2.78. The summed E-state index contributed by atoms with van der Waals surface area (Å²) in [6.45, 7) is 0. The van der Waals surface area contributed by atoms with Crippen LogP contribution in [-0.4, -0.2) is 25.7 Å². The number of nitrogens with two attached hydrogens (primary N) is 1. The lowest BCUT2D eigenvalue weighted by Gasteiger charge is -2.04. The van der Waals surface area contributed by atoms with E-state index in [9.17, 15) is 4.79 Å². The molecular weight excluding hydrogens is 322 g/mol. The van der Waals surface area contributed by atoms with Crippen LogP contribution in [0.15, 0.2) is 41.3 Å². The van der Waals surface area contributed by atoms with Gasteiger partial charge in [0, 0.05) is 11.6 Å². The monoisotopic (exact) mass is 331 g/mol. The number of rotatable bonds is 3. The molecule has 7 heteroatoms. The zero-order valence-corrected chi connectivity index (χ0v) is 11.9. The van der Waals surface area contributed by atoms with Crippen LogP contribution in [0.5, 0.6) is 0 Å². The predicted octanol–water partition coefficient (Wildman–Crippen LogP) is 1.61. The predicted molar refractivity (Wildman–Crippen MR) is 77.3 cm³/mol. The highest BCUT2D eigenvalue weighted by atomic mass is 79.9. The van der Waals surface area contributed by atoms with Gasteiger partial charge in [-0.05, 0) is 34.1 Å². The van der Waals surface area contributed by atoms with E-state index in [-0.39, 0.29) is 6.42 Å². The fourth-order valence-corrected chi connectivity index (χ4v) is 2.27. The number of carbonyl (C=O) groups excluding carboxylic acids is 1. The van der Waals surface area contributed by atoms with Crippen molar-refractivity contribution in [3.05, 3.63) is 47.0 Å². The van der Waals surface area contributed by atoms with E-state index in [0.717, 1.165) is 15.5 Å². The third kappa shape index (κ3) is 2.39. The minimum atomic E-state index is -0.413. The first kappa shape index (κ1) is 12.7. The highest BCUT2D eigenvalue weighted by Gasteiger charge is 2.09. The molecule has 100 valence electrons. The second-order valence-electron chi connectivity index (χ2n) is 4.25. The Balaban J connectivity index is 2.14. The molecule has 0 aliphatic heterocycles. The molecule has 0 aromatic carbocycles. The van der Waals surface area contributed by atoms with Crippen molar-refractivity contribution in [1.29, 1.82) is 0 Å². The molecule has 0 aliphatic carbocycles. The van der Waals surface area contributed by atoms with E-state index in [4.69, 9.17) is 5.73 Å². The van der Waals surface area contributed by atoms with Gasteiger partial charge in [-0.3, -0.25) is 9.78 Å². The van der Waals surface area contributed by atoms with Crippen LogP contribution in [0.3, 0.4) is 0 Å². The van der Waals surface area contributed by atoms with E-state index in [1.807, 2.05) is 18.2 Å². The first-order valence-electron chi connectivity index (χ1n) is 5.87. The van der Waals surface area contributed by atoms with Crippen LogP contribution in [0.1, 0.15) is 5.69 Å². The van der Waals surface area contributed by atoms with Crippen LogP contribution >= 0.6 is 15.9 Å². The molecule has 0 radical (unpaired) electrons. The van der Waals surface area contributed by atoms with Gasteiger partial charge < -0.3 is 5.73 Å². The Labute approximate surface area is 122 Å². The van der Waals surface area contributed by atoms with Gasteiger partial charge in [-0.15, -0.1) is 0 Å². The zero-order valence-electron chi connectivity index (χ0n) is 10.3. The van der Waals surface area contributed by atoms with Crippen LogP contribution in [-0.2, 0) is 11.2 Å². The molecule has 3 rings (SSSR count). The molecule has 0 saturated heterocycles. The molecular formula is C13H10BrN5O. The summed E-state index contributed by atoms with van der Waals surface area (Å²) in [5, 5.41) is 5.18. The summed E-state index contributed by atoms with van der Waals surface area (Å²) < 4.78 is 2.43. The standard InChI is InChI=1S/C13H10BrN5O/c14-11-2-1-3-13(18-11)19-10-4-9(5-12(15)20)16-6-8(10)7-17-19/h1-4,6-7H,5H2,(H2,15,20). The zero-order chi connectivity index (χ0) is 14.1. The largest absolute Gasteiger partial charge is 0.369 e. The van der Waals surface area contributed by atoms with Crippen molar-refractivity contribution in [2.45, 2.75) is 6.42 Å². The topological polar surface area (TPSA) is 86.7 Å². The van der Waals surface area contributed by atoms with Gasteiger partial charge in [0.1, 0.15) is 4.60 Å². The van der Waals surface area contributed by atoms with E-state index in [1.54, 1.807) is 23.1 Å². The van der Waals surface area contributed by atoms with Crippen LogP contribution in [0, 0.1) is 0 Å². The van der Waals surface area contributed by atoms with Gasteiger partial charge in [0.15, 0.2) is 5.82 Å². The van der Waals surface area contributed by atoms with E-state index >= 15 is 0 Å². The van der Waals surface area contributed by atoms with E-state index in [2.05, 4.69) is 31.0 Å². The minimum absolute atomic E-state index is 0.104. The van der Waals surface area contributed by atoms with E-state index in [0.29, 0.717) is 11.5 Å². The molecule has 0 saturated carbocycles. The molecule has 0 fully saturated rings. The van der Waals surface area contributed by atoms with E-state index < -0.39 is 5.91 Å². The Hall–Kier alpha value is -2.28. The summed E-state index contributed by atoms with van der Waals surface area (Å²) in [4.78, 5) is 19.5. The molecule has 0 bridgehead atoms. The Morgan fingerprint density at radius 2 is 2.20 bits per heavy atom. The van der Waals surface area contributed by atoms with Gasteiger partial charge in [-0.25, -0.2) is 9.67 Å². The van der Waals surface area contributed by atoms with Gasteiger partial charge >= 0.3 is 0 Å². The third-order valence-corrected chi connectivity index (χ3v) is 3.22. The second kappa shape index (κ2) is 5.01. The number of nitrogens with zero attached hydrogens (tertiary/aromatic N) is 4. The number of primary amides is 1. The molecule has 6 nitrogen and oxygen atoms in total.